The lowest BCUT2D eigenvalue weighted by Crippen LogP contribution is -2.39. The molecule has 7 heteroatoms. The van der Waals surface area contributed by atoms with Gasteiger partial charge in [-0.1, -0.05) is 26.0 Å². The Labute approximate surface area is 143 Å². The molecule has 0 N–H and O–H groups in total. The summed E-state index contributed by atoms with van der Waals surface area (Å²) < 4.78 is 29.8. The Hall–Kier alpha value is -1.34. The summed E-state index contributed by atoms with van der Waals surface area (Å²) in [6, 6.07) is 7.43. The van der Waals surface area contributed by atoms with Crippen LogP contribution in [0.4, 0.5) is 5.69 Å². The van der Waals surface area contributed by atoms with Gasteiger partial charge in [0.25, 0.3) is 0 Å². The van der Waals surface area contributed by atoms with Crippen molar-refractivity contribution in [3.63, 3.8) is 0 Å². The Balaban J connectivity index is 2.04. The van der Waals surface area contributed by atoms with Gasteiger partial charge in [0, 0.05) is 6.54 Å². The van der Waals surface area contributed by atoms with Gasteiger partial charge in [0.1, 0.15) is 5.75 Å². The molecule has 2 atom stereocenters. The van der Waals surface area contributed by atoms with E-state index in [1.165, 1.54) is 0 Å². The Morgan fingerprint density at radius 3 is 2.57 bits per heavy atom. The Morgan fingerprint density at radius 2 is 1.91 bits per heavy atom. The topological polar surface area (TPSA) is 49.9 Å². The number of thiocarbonyl (C=S) groups is 1. The molecule has 0 saturated carbocycles. The summed E-state index contributed by atoms with van der Waals surface area (Å²) in [7, 11) is -1.42. The third-order valence-corrected chi connectivity index (χ3v) is 6.51. The first-order valence-corrected chi connectivity index (χ1v) is 10.0. The number of rotatable bonds is 4. The normalized spacial score (nSPS) is 26.0. The molecule has 23 heavy (non-hydrogen) atoms. The fourth-order valence-electron chi connectivity index (χ4n) is 3.49. The summed E-state index contributed by atoms with van der Waals surface area (Å²) in [6.07, 6.45) is 0. The number of hydrogen-bond acceptors (Lipinski definition) is 4. The fourth-order valence-corrected chi connectivity index (χ4v) is 5.89. The molecule has 0 bridgehead atoms. The van der Waals surface area contributed by atoms with E-state index < -0.39 is 9.84 Å². The van der Waals surface area contributed by atoms with Crippen LogP contribution >= 0.6 is 12.2 Å². The first kappa shape index (κ1) is 16.5. The van der Waals surface area contributed by atoms with Crippen LogP contribution in [0, 0.1) is 5.92 Å². The maximum atomic E-state index is 12.2. The summed E-state index contributed by atoms with van der Waals surface area (Å²) in [5.41, 5.74) is 0.846. The molecule has 2 saturated heterocycles. The van der Waals surface area contributed by atoms with Crippen molar-refractivity contribution >= 4 is 32.9 Å². The predicted octanol–water partition coefficient (Wildman–Crippen LogP) is 1.92. The number of fused-ring (bicyclic) bond motifs is 1. The molecule has 0 aromatic heterocycles. The second kappa shape index (κ2) is 5.94. The lowest BCUT2D eigenvalue weighted by molar-refractivity contribution is 0.319. The zero-order valence-corrected chi connectivity index (χ0v) is 15.2. The summed E-state index contributed by atoms with van der Waals surface area (Å²) in [5, 5.41) is 0.702. The molecule has 2 fully saturated rings. The highest BCUT2D eigenvalue weighted by Crippen LogP contribution is 2.39. The molecule has 126 valence electrons. The highest BCUT2D eigenvalue weighted by Gasteiger charge is 2.52. The van der Waals surface area contributed by atoms with Crippen molar-refractivity contribution in [2.45, 2.75) is 25.9 Å². The standard InChI is InChI=1S/C16H22N2O3S2/c1-11(2)8-17-13-9-23(19,20)10-14(13)18(16(17)22)12-6-4-5-7-15(12)21-3/h4-7,11,13-14H,8-10H2,1-3H3/t13-,14+/m0/s1. The minimum absolute atomic E-state index is 0.0696. The molecule has 0 radical (unpaired) electrons. The van der Waals surface area contributed by atoms with Gasteiger partial charge in [-0.3, -0.25) is 0 Å². The monoisotopic (exact) mass is 354 g/mol. The van der Waals surface area contributed by atoms with Crippen LogP contribution in [0.1, 0.15) is 13.8 Å². The lowest BCUT2D eigenvalue weighted by Gasteiger charge is -2.27. The van der Waals surface area contributed by atoms with E-state index in [-0.39, 0.29) is 23.6 Å². The number of benzene rings is 1. The molecule has 2 aliphatic heterocycles. The van der Waals surface area contributed by atoms with Gasteiger partial charge >= 0.3 is 0 Å². The van der Waals surface area contributed by atoms with E-state index in [0.717, 1.165) is 12.2 Å². The van der Waals surface area contributed by atoms with Gasteiger partial charge in [0.15, 0.2) is 14.9 Å². The van der Waals surface area contributed by atoms with Crippen LogP contribution in [0.25, 0.3) is 0 Å². The predicted molar refractivity (Wildman–Crippen MR) is 95.8 cm³/mol. The van der Waals surface area contributed by atoms with Crippen molar-refractivity contribution in [3.05, 3.63) is 24.3 Å². The summed E-state index contributed by atoms with van der Waals surface area (Å²) in [5.74, 6) is 1.44. The molecular formula is C16H22N2O3S2. The maximum Gasteiger partial charge on any atom is 0.176 e. The third-order valence-electron chi connectivity index (χ3n) is 4.38. The van der Waals surface area contributed by atoms with Crippen molar-refractivity contribution in [1.29, 1.82) is 0 Å². The van der Waals surface area contributed by atoms with Crippen LogP contribution in [-0.4, -0.2) is 55.7 Å². The van der Waals surface area contributed by atoms with Gasteiger partial charge in [0.2, 0.25) is 0 Å². The molecule has 1 aromatic carbocycles. The largest absolute Gasteiger partial charge is 0.495 e. The van der Waals surface area contributed by atoms with Crippen LogP contribution in [-0.2, 0) is 9.84 Å². The first-order chi connectivity index (χ1) is 10.8. The molecule has 2 heterocycles. The molecule has 0 amide bonds. The summed E-state index contributed by atoms with van der Waals surface area (Å²) in [4.78, 5) is 4.06. The molecule has 0 aliphatic carbocycles. The molecule has 0 spiro atoms. The van der Waals surface area contributed by atoms with E-state index in [4.69, 9.17) is 17.0 Å². The van der Waals surface area contributed by atoms with Crippen LogP contribution < -0.4 is 9.64 Å². The first-order valence-electron chi connectivity index (χ1n) is 7.77. The average Bonchev–Trinajstić information content (AvgIpc) is 2.91. The Kier molecular flexibility index (Phi) is 4.27. The summed E-state index contributed by atoms with van der Waals surface area (Å²) in [6.45, 7) is 5.00. The Morgan fingerprint density at radius 1 is 1.26 bits per heavy atom. The number of nitrogens with zero attached hydrogens (tertiary/aromatic N) is 2. The van der Waals surface area contributed by atoms with Crippen LogP contribution in [0.2, 0.25) is 0 Å². The number of anilines is 1. The van der Waals surface area contributed by atoms with Gasteiger partial charge < -0.3 is 14.5 Å². The minimum Gasteiger partial charge on any atom is -0.495 e. The van der Waals surface area contributed by atoms with Crippen LogP contribution in [0.5, 0.6) is 5.75 Å². The molecule has 3 rings (SSSR count). The average molecular weight is 354 g/mol. The van der Waals surface area contributed by atoms with Crippen LogP contribution in [0.15, 0.2) is 24.3 Å². The number of sulfone groups is 1. The zero-order valence-electron chi connectivity index (χ0n) is 13.6. The quantitative estimate of drug-likeness (QED) is 0.770. The van der Waals surface area contributed by atoms with E-state index >= 15 is 0 Å². The zero-order chi connectivity index (χ0) is 16.8. The van der Waals surface area contributed by atoms with E-state index in [0.29, 0.717) is 16.8 Å². The van der Waals surface area contributed by atoms with Gasteiger partial charge in [0.05, 0.1) is 36.4 Å². The maximum absolute atomic E-state index is 12.2. The Bertz CT molecular complexity index is 718. The second-order valence-electron chi connectivity index (χ2n) is 6.58. The number of para-hydroxylation sites is 2. The van der Waals surface area contributed by atoms with Crippen molar-refractivity contribution in [1.82, 2.24) is 4.90 Å². The second-order valence-corrected chi connectivity index (χ2v) is 9.10. The smallest absolute Gasteiger partial charge is 0.176 e. The van der Waals surface area contributed by atoms with Crippen molar-refractivity contribution in [2.75, 3.05) is 30.1 Å². The molecule has 0 unspecified atom stereocenters. The van der Waals surface area contributed by atoms with Crippen molar-refractivity contribution < 1.29 is 13.2 Å². The van der Waals surface area contributed by atoms with Gasteiger partial charge in [-0.15, -0.1) is 0 Å². The molecule has 5 nitrogen and oxygen atoms in total. The highest BCUT2D eigenvalue weighted by atomic mass is 32.2. The molecule has 1 aromatic rings. The van der Waals surface area contributed by atoms with E-state index in [2.05, 4.69) is 18.7 Å². The van der Waals surface area contributed by atoms with E-state index in [9.17, 15) is 8.42 Å². The summed E-state index contributed by atoms with van der Waals surface area (Å²) >= 11 is 5.70. The minimum atomic E-state index is -3.04. The fraction of sp³-hybridized carbons (Fsp3) is 0.562. The molecule has 2 aliphatic rings. The SMILES string of the molecule is COc1ccccc1N1C(=S)N(CC(C)C)[C@H]2CS(=O)(=O)C[C@H]21. The number of hydrogen-bond donors (Lipinski definition) is 0. The van der Waals surface area contributed by atoms with Gasteiger partial charge in [-0.25, -0.2) is 8.42 Å². The van der Waals surface area contributed by atoms with Gasteiger partial charge in [-0.05, 0) is 30.3 Å². The van der Waals surface area contributed by atoms with Crippen LogP contribution in [0.3, 0.4) is 0 Å². The third kappa shape index (κ3) is 2.92. The van der Waals surface area contributed by atoms with E-state index in [1.54, 1.807) is 7.11 Å². The molecular weight excluding hydrogens is 332 g/mol. The van der Waals surface area contributed by atoms with Crippen molar-refractivity contribution in [2.24, 2.45) is 5.92 Å². The lowest BCUT2D eigenvalue weighted by atomic mass is 10.1. The van der Waals surface area contributed by atoms with E-state index in [1.807, 2.05) is 29.2 Å². The number of ether oxygens (including phenoxy) is 1. The highest BCUT2D eigenvalue weighted by molar-refractivity contribution is 7.91. The van der Waals surface area contributed by atoms with Gasteiger partial charge in [-0.2, -0.15) is 0 Å². The van der Waals surface area contributed by atoms with Crippen molar-refractivity contribution in [3.8, 4) is 5.75 Å². The number of methoxy groups -OCH3 is 1.